The van der Waals surface area contributed by atoms with Gasteiger partial charge in [-0.15, -0.1) is 0 Å². The third-order valence-electron chi connectivity index (χ3n) is 4.67. The van der Waals surface area contributed by atoms with Gasteiger partial charge in [0.15, 0.2) is 0 Å². The van der Waals surface area contributed by atoms with Gasteiger partial charge in [-0.3, -0.25) is 4.90 Å². The number of amides is 2. The number of methoxy groups -OCH3 is 1. The van der Waals surface area contributed by atoms with E-state index in [0.29, 0.717) is 37.4 Å². The fourth-order valence-corrected chi connectivity index (χ4v) is 3.17. The van der Waals surface area contributed by atoms with Gasteiger partial charge < -0.3 is 15.0 Å². The lowest BCUT2D eigenvalue weighted by Gasteiger charge is -2.38. The number of esters is 1. The van der Waals surface area contributed by atoms with Crippen LogP contribution in [-0.2, 0) is 9.53 Å². The van der Waals surface area contributed by atoms with Gasteiger partial charge in [-0.2, -0.15) is 0 Å². The minimum atomic E-state index is -0.659. The van der Waals surface area contributed by atoms with E-state index >= 15 is 0 Å². The second-order valence-corrected chi connectivity index (χ2v) is 6.44. The average Bonchev–Trinajstić information content (AvgIpc) is 2.71. The van der Waals surface area contributed by atoms with Gasteiger partial charge in [0.05, 0.1) is 7.11 Å². The molecule has 0 aromatic heterocycles. The summed E-state index contributed by atoms with van der Waals surface area (Å²) in [6.45, 7) is 1.71. The number of carbonyl (C=O) groups is 2. The molecule has 0 spiro atoms. The molecule has 0 unspecified atom stereocenters. The first-order valence-corrected chi connectivity index (χ1v) is 8.87. The Morgan fingerprint density at radius 3 is 2.00 bits per heavy atom. The van der Waals surface area contributed by atoms with E-state index in [9.17, 15) is 18.4 Å². The van der Waals surface area contributed by atoms with Gasteiger partial charge in [0.25, 0.3) is 0 Å². The molecule has 148 valence electrons. The van der Waals surface area contributed by atoms with Crippen molar-refractivity contribution in [1.82, 2.24) is 9.80 Å². The molecule has 1 aliphatic heterocycles. The predicted octanol–water partition coefficient (Wildman–Crippen LogP) is 3.03. The van der Waals surface area contributed by atoms with E-state index in [0.717, 1.165) is 0 Å². The standard InChI is InChI=1S/C20H21F2N3O3/c1-28-19(26)18(14-2-4-15(21)5-3-14)24-10-12-25(13-11-24)20(27)23-17-8-6-16(22)7-9-17/h2-9,18H,10-13H2,1H3,(H,23,27)/t18-/m1/s1. The largest absolute Gasteiger partial charge is 0.468 e. The molecule has 3 rings (SSSR count). The molecule has 1 aliphatic rings. The molecule has 1 N–H and O–H groups in total. The van der Waals surface area contributed by atoms with Crippen LogP contribution in [0.1, 0.15) is 11.6 Å². The number of halogens is 2. The van der Waals surface area contributed by atoms with E-state index in [-0.39, 0.29) is 17.7 Å². The summed E-state index contributed by atoms with van der Waals surface area (Å²) in [5.41, 5.74) is 1.14. The molecule has 1 heterocycles. The Balaban J connectivity index is 1.63. The number of urea groups is 1. The quantitative estimate of drug-likeness (QED) is 0.817. The van der Waals surface area contributed by atoms with E-state index in [4.69, 9.17) is 4.74 Å². The zero-order chi connectivity index (χ0) is 20.1. The first kappa shape index (κ1) is 19.8. The molecule has 8 heteroatoms. The van der Waals surface area contributed by atoms with Crippen LogP contribution in [0.15, 0.2) is 48.5 Å². The Hall–Kier alpha value is -3.00. The molecule has 2 aromatic carbocycles. The van der Waals surface area contributed by atoms with Crippen molar-refractivity contribution in [2.24, 2.45) is 0 Å². The molecule has 2 aromatic rings. The highest BCUT2D eigenvalue weighted by Crippen LogP contribution is 2.24. The highest BCUT2D eigenvalue weighted by molar-refractivity contribution is 5.89. The highest BCUT2D eigenvalue weighted by Gasteiger charge is 2.32. The monoisotopic (exact) mass is 389 g/mol. The molecule has 0 bridgehead atoms. The topological polar surface area (TPSA) is 61.9 Å². The summed E-state index contributed by atoms with van der Waals surface area (Å²) < 4.78 is 31.1. The van der Waals surface area contributed by atoms with Gasteiger partial charge in [-0.1, -0.05) is 12.1 Å². The average molecular weight is 389 g/mol. The number of ether oxygens (including phenoxy) is 1. The van der Waals surface area contributed by atoms with Crippen LogP contribution in [-0.4, -0.2) is 55.1 Å². The molecule has 6 nitrogen and oxygen atoms in total. The first-order valence-electron chi connectivity index (χ1n) is 8.87. The predicted molar refractivity (Wildman–Crippen MR) is 99.7 cm³/mol. The molecule has 0 saturated carbocycles. The van der Waals surface area contributed by atoms with Gasteiger partial charge in [-0.25, -0.2) is 18.4 Å². The molecule has 28 heavy (non-hydrogen) atoms. The van der Waals surface area contributed by atoms with Crippen LogP contribution in [0, 0.1) is 11.6 Å². The maximum absolute atomic E-state index is 13.2. The summed E-state index contributed by atoms with van der Waals surface area (Å²) in [6, 6.07) is 10.3. The van der Waals surface area contributed by atoms with Gasteiger partial charge in [0.1, 0.15) is 17.7 Å². The number of nitrogens with one attached hydrogen (secondary N) is 1. The van der Waals surface area contributed by atoms with Crippen LogP contribution in [0.2, 0.25) is 0 Å². The minimum Gasteiger partial charge on any atom is -0.468 e. The molecule has 2 amide bonds. The second kappa shape index (κ2) is 8.79. The fourth-order valence-electron chi connectivity index (χ4n) is 3.17. The Kier molecular flexibility index (Phi) is 6.20. The van der Waals surface area contributed by atoms with Crippen molar-refractivity contribution in [3.05, 3.63) is 65.7 Å². The number of benzene rings is 2. The molecule has 1 saturated heterocycles. The van der Waals surface area contributed by atoms with Gasteiger partial charge >= 0.3 is 12.0 Å². The van der Waals surface area contributed by atoms with Crippen molar-refractivity contribution in [2.75, 3.05) is 38.6 Å². The molecule has 0 aliphatic carbocycles. The summed E-state index contributed by atoms with van der Waals surface area (Å²) in [4.78, 5) is 28.2. The number of carbonyl (C=O) groups excluding carboxylic acids is 2. The van der Waals surface area contributed by atoms with Crippen molar-refractivity contribution in [3.63, 3.8) is 0 Å². The van der Waals surface area contributed by atoms with Crippen LogP contribution >= 0.6 is 0 Å². The number of piperazine rings is 1. The van der Waals surface area contributed by atoms with Gasteiger partial charge in [0, 0.05) is 31.9 Å². The first-order chi connectivity index (χ1) is 13.5. The molecular weight excluding hydrogens is 368 g/mol. The number of anilines is 1. The zero-order valence-electron chi connectivity index (χ0n) is 15.4. The van der Waals surface area contributed by atoms with Crippen LogP contribution in [0.4, 0.5) is 19.3 Å². The lowest BCUT2D eigenvalue weighted by molar-refractivity contribution is -0.148. The molecule has 0 radical (unpaired) electrons. The lowest BCUT2D eigenvalue weighted by Crippen LogP contribution is -2.52. The summed E-state index contributed by atoms with van der Waals surface area (Å²) in [5, 5.41) is 2.72. The maximum Gasteiger partial charge on any atom is 0.327 e. The molecular formula is C20H21F2N3O3. The van der Waals surface area contributed by atoms with Crippen molar-refractivity contribution in [2.45, 2.75) is 6.04 Å². The maximum atomic E-state index is 13.2. The summed E-state index contributed by atoms with van der Waals surface area (Å²) in [7, 11) is 1.31. The third kappa shape index (κ3) is 4.64. The zero-order valence-corrected chi connectivity index (χ0v) is 15.4. The van der Waals surface area contributed by atoms with Gasteiger partial charge in [-0.05, 0) is 42.0 Å². The van der Waals surface area contributed by atoms with E-state index in [1.807, 2.05) is 4.90 Å². The van der Waals surface area contributed by atoms with Crippen LogP contribution in [0.3, 0.4) is 0 Å². The van der Waals surface area contributed by atoms with E-state index < -0.39 is 12.0 Å². The number of hydrogen-bond donors (Lipinski definition) is 1. The summed E-state index contributed by atoms with van der Waals surface area (Å²) >= 11 is 0. The normalized spacial score (nSPS) is 15.8. The van der Waals surface area contributed by atoms with Crippen molar-refractivity contribution in [1.29, 1.82) is 0 Å². The Labute approximate surface area is 161 Å². The summed E-state index contributed by atoms with van der Waals surface area (Å²) in [6.07, 6.45) is 0. The SMILES string of the molecule is COC(=O)[C@@H](c1ccc(F)cc1)N1CCN(C(=O)Nc2ccc(F)cc2)CC1. The summed E-state index contributed by atoms with van der Waals surface area (Å²) in [5.74, 6) is -1.19. The second-order valence-electron chi connectivity index (χ2n) is 6.44. The van der Waals surface area contributed by atoms with Crippen molar-refractivity contribution >= 4 is 17.7 Å². The van der Waals surface area contributed by atoms with E-state index in [1.165, 1.54) is 43.5 Å². The Morgan fingerprint density at radius 1 is 0.929 bits per heavy atom. The van der Waals surface area contributed by atoms with Crippen LogP contribution in [0.5, 0.6) is 0 Å². The Morgan fingerprint density at radius 2 is 1.46 bits per heavy atom. The molecule has 1 fully saturated rings. The number of hydrogen-bond acceptors (Lipinski definition) is 4. The van der Waals surface area contributed by atoms with Crippen molar-refractivity contribution < 1.29 is 23.1 Å². The smallest absolute Gasteiger partial charge is 0.327 e. The number of rotatable bonds is 4. The number of nitrogens with zero attached hydrogens (tertiary/aromatic N) is 2. The van der Waals surface area contributed by atoms with Crippen LogP contribution < -0.4 is 5.32 Å². The van der Waals surface area contributed by atoms with E-state index in [1.54, 1.807) is 17.0 Å². The third-order valence-corrected chi connectivity index (χ3v) is 4.67. The van der Waals surface area contributed by atoms with Crippen LogP contribution in [0.25, 0.3) is 0 Å². The van der Waals surface area contributed by atoms with Crippen molar-refractivity contribution in [3.8, 4) is 0 Å². The van der Waals surface area contributed by atoms with Gasteiger partial charge in [0.2, 0.25) is 0 Å². The minimum absolute atomic E-state index is 0.289. The Bertz CT molecular complexity index is 820. The molecule has 1 atom stereocenters. The van der Waals surface area contributed by atoms with E-state index in [2.05, 4.69) is 5.32 Å². The fraction of sp³-hybridized carbons (Fsp3) is 0.300. The lowest BCUT2D eigenvalue weighted by atomic mass is 10.0. The highest BCUT2D eigenvalue weighted by atomic mass is 19.1.